The number of hydrogen-bond donors (Lipinski definition) is 1. The summed E-state index contributed by atoms with van der Waals surface area (Å²) in [4.78, 5) is 2.45. The van der Waals surface area contributed by atoms with E-state index in [1.165, 1.54) is 32.2 Å². The molecule has 2 aliphatic rings. The molecule has 0 spiro atoms. The lowest BCUT2D eigenvalue weighted by molar-refractivity contribution is 0.243. The maximum absolute atomic E-state index is 9.20. The van der Waals surface area contributed by atoms with Crippen LogP contribution in [-0.2, 0) is 0 Å². The van der Waals surface area contributed by atoms with Gasteiger partial charge in [0.1, 0.15) is 5.54 Å². The second-order valence-corrected chi connectivity index (χ2v) is 6.44. The van der Waals surface area contributed by atoms with Crippen LogP contribution in [0.1, 0.15) is 51.4 Å². The number of rotatable bonds is 5. The summed E-state index contributed by atoms with van der Waals surface area (Å²) in [6.45, 7) is 2.33. The molecule has 0 aliphatic heterocycles. The van der Waals surface area contributed by atoms with Crippen molar-refractivity contribution >= 4 is 0 Å². The van der Waals surface area contributed by atoms with Crippen LogP contribution >= 0.6 is 0 Å². The highest BCUT2D eigenvalue weighted by Crippen LogP contribution is 2.35. The molecule has 102 valence electrons. The van der Waals surface area contributed by atoms with Gasteiger partial charge in [0.05, 0.1) is 6.07 Å². The topological polar surface area (TPSA) is 53.0 Å². The Kier molecular flexibility index (Phi) is 4.64. The molecule has 2 unspecified atom stereocenters. The number of hydrogen-bond acceptors (Lipinski definition) is 3. The van der Waals surface area contributed by atoms with Crippen molar-refractivity contribution in [3.05, 3.63) is 0 Å². The molecule has 0 bridgehead atoms. The third-order valence-corrected chi connectivity index (χ3v) is 4.98. The van der Waals surface area contributed by atoms with Gasteiger partial charge in [0.15, 0.2) is 0 Å². The number of nitrogens with two attached hydrogens (primary N) is 1. The second-order valence-electron chi connectivity index (χ2n) is 6.44. The Hall–Kier alpha value is -0.590. The molecule has 2 saturated carbocycles. The monoisotopic (exact) mass is 249 g/mol. The highest BCUT2D eigenvalue weighted by molar-refractivity contribution is 5.11. The van der Waals surface area contributed by atoms with Crippen molar-refractivity contribution in [2.75, 3.05) is 20.1 Å². The standard InChI is InChI=1S/C15H27N3/c1-18(11-13-5-2-3-6-13)10-8-14-7-4-9-15(14,17)12-16/h13-14H,2-11,17H2,1H3. The summed E-state index contributed by atoms with van der Waals surface area (Å²) in [6.07, 6.45) is 9.90. The van der Waals surface area contributed by atoms with E-state index in [-0.39, 0.29) is 0 Å². The van der Waals surface area contributed by atoms with E-state index in [9.17, 15) is 5.26 Å². The Bertz CT molecular complexity index is 303. The largest absolute Gasteiger partial charge is 0.313 e. The zero-order valence-corrected chi connectivity index (χ0v) is 11.7. The van der Waals surface area contributed by atoms with Gasteiger partial charge in [-0.1, -0.05) is 19.3 Å². The van der Waals surface area contributed by atoms with E-state index in [0.717, 1.165) is 38.1 Å². The molecule has 2 rings (SSSR count). The van der Waals surface area contributed by atoms with Gasteiger partial charge in [0.25, 0.3) is 0 Å². The van der Waals surface area contributed by atoms with Crippen LogP contribution in [0.4, 0.5) is 0 Å². The molecular formula is C15H27N3. The third kappa shape index (κ3) is 3.24. The third-order valence-electron chi connectivity index (χ3n) is 4.98. The first-order chi connectivity index (χ1) is 8.64. The maximum Gasteiger partial charge on any atom is 0.107 e. The predicted molar refractivity (Wildman–Crippen MR) is 73.9 cm³/mol. The Balaban J connectivity index is 1.72. The Labute approximate surface area is 111 Å². The van der Waals surface area contributed by atoms with Crippen LogP contribution in [0.15, 0.2) is 0 Å². The first kappa shape index (κ1) is 13.8. The minimum Gasteiger partial charge on any atom is -0.313 e. The van der Waals surface area contributed by atoms with Crippen molar-refractivity contribution in [2.24, 2.45) is 17.6 Å². The van der Waals surface area contributed by atoms with E-state index in [2.05, 4.69) is 18.0 Å². The number of nitriles is 1. The van der Waals surface area contributed by atoms with E-state index in [4.69, 9.17) is 5.73 Å². The summed E-state index contributed by atoms with van der Waals surface area (Å²) in [5, 5.41) is 9.20. The average Bonchev–Trinajstić information content (AvgIpc) is 2.97. The molecule has 2 N–H and O–H groups in total. The highest BCUT2D eigenvalue weighted by atomic mass is 15.1. The fourth-order valence-corrected chi connectivity index (χ4v) is 3.75. The summed E-state index contributed by atoms with van der Waals surface area (Å²) in [7, 11) is 2.22. The van der Waals surface area contributed by atoms with Gasteiger partial charge in [-0.2, -0.15) is 5.26 Å². The summed E-state index contributed by atoms with van der Waals surface area (Å²) in [5.74, 6) is 1.32. The van der Waals surface area contributed by atoms with E-state index in [1.54, 1.807) is 0 Å². The molecular weight excluding hydrogens is 222 g/mol. The normalized spacial score (nSPS) is 33.1. The molecule has 0 amide bonds. The maximum atomic E-state index is 9.20. The fraction of sp³-hybridized carbons (Fsp3) is 0.933. The van der Waals surface area contributed by atoms with Crippen molar-refractivity contribution in [2.45, 2.75) is 56.9 Å². The second kappa shape index (κ2) is 6.04. The fourth-order valence-electron chi connectivity index (χ4n) is 3.75. The van der Waals surface area contributed by atoms with Gasteiger partial charge in [-0.05, 0) is 57.5 Å². The summed E-state index contributed by atoms with van der Waals surface area (Å²) < 4.78 is 0. The van der Waals surface area contributed by atoms with Gasteiger partial charge in [0.2, 0.25) is 0 Å². The molecule has 18 heavy (non-hydrogen) atoms. The number of nitrogens with zero attached hydrogens (tertiary/aromatic N) is 2. The van der Waals surface area contributed by atoms with Crippen molar-refractivity contribution in [3.8, 4) is 6.07 Å². The molecule has 0 radical (unpaired) electrons. The highest BCUT2D eigenvalue weighted by Gasteiger charge is 2.39. The molecule has 3 heteroatoms. The molecule has 0 aromatic heterocycles. The first-order valence-corrected chi connectivity index (χ1v) is 7.53. The Morgan fingerprint density at radius 2 is 2.00 bits per heavy atom. The summed E-state index contributed by atoms with van der Waals surface area (Å²) in [5.41, 5.74) is 5.64. The average molecular weight is 249 g/mol. The molecule has 0 saturated heterocycles. The minimum atomic E-state index is -0.534. The van der Waals surface area contributed by atoms with E-state index < -0.39 is 5.54 Å². The van der Waals surface area contributed by atoms with Crippen molar-refractivity contribution in [3.63, 3.8) is 0 Å². The molecule has 2 fully saturated rings. The Morgan fingerprint density at radius 1 is 1.28 bits per heavy atom. The summed E-state index contributed by atoms with van der Waals surface area (Å²) in [6, 6.07) is 2.35. The Morgan fingerprint density at radius 3 is 2.67 bits per heavy atom. The van der Waals surface area contributed by atoms with Crippen LogP contribution in [0, 0.1) is 23.2 Å². The van der Waals surface area contributed by atoms with Crippen LogP contribution < -0.4 is 5.73 Å². The molecule has 2 aliphatic carbocycles. The quantitative estimate of drug-likeness (QED) is 0.814. The van der Waals surface area contributed by atoms with Gasteiger partial charge in [0, 0.05) is 6.54 Å². The van der Waals surface area contributed by atoms with Crippen LogP contribution in [0.5, 0.6) is 0 Å². The smallest absolute Gasteiger partial charge is 0.107 e. The minimum absolute atomic E-state index is 0.411. The van der Waals surface area contributed by atoms with Gasteiger partial charge in [-0.3, -0.25) is 0 Å². The lowest BCUT2D eigenvalue weighted by Gasteiger charge is -2.27. The van der Waals surface area contributed by atoms with Gasteiger partial charge < -0.3 is 10.6 Å². The predicted octanol–water partition coefficient (Wildman–Crippen LogP) is 2.52. The SMILES string of the molecule is CN(CCC1CCCC1(N)C#N)CC1CCCC1. The lowest BCUT2D eigenvalue weighted by atomic mass is 9.87. The molecule has 0 heterocycles. The zero-order valence-electron chi connectivity index (χ0n) is 11.7. The van der Waals surface area contributed by atoms with E-state index in [1.807, 2.05) is 0 Å². The molecule has 0 aromatic rings. The van der Waals surface area contributed by atoms with Gasteiger partial charge in [-0.15, -0.1) is 0 Å². The lowest BCUT2D eigenvalue weighted by Crippen LogP contribution is -2.43. The van der Waals surface area contributed by atoms with Crippen LogP contribution in [0.3, 0.4) is 0 Å². The molecule has 2 atom stereocenters. The molecule has 3 nitrogen and oxygen atoms in total. The zero-order chi connectivity index (χ0) is 13.0. The summed E-state index contributed by atoms with van der Waals surface area (Å²) >= 11 is 0. The van der Waals surface area contributed by atoms with E-state index in [0.29, 0.717) is 5.92 Å². The van der Waals surface area contributed by atoms with E-state index >= 15 is 0 Å². The van der Waals surface area contributed by atoms with Crippen molar-refractivity contribution in [1.29, 1.82) is 5.26 Å². The van der Waals surface area contributed by atoms with Crippen LogP contribution in [-0.4, -0.2) is 30.6 Å². The van der Waals surface area contributed by atoms with Crippen molar-refractivity contribution in [1.82, 2.24) is 4.90 Å². The van der Waals surface area contributed by atoms with Gasteiger partial charge in [-0.25, -0.2) is 0 Å². The van der Waals surface area contributed by atoms with Crippen molar-refractivity contribution < 1.29 is 0 Å². The van der Waals surface area contributed by atoms with Crippen LogP contribution in [0.25, 0.3) is 0 Å². The van der Waals surface area contributed by atoms with Gasteiger partial charge >= 0.3 is 0 Å². The molecule has 0 aromatic carbocycles. The van der Waals surface area contributed by atoms with Crippen LogP contribution in [0.2, 0.25) is 0 Å². The first-order valence-electron chi connectivity index (χ1n) is 7.53.